The fourth-order valence-corrected chi connectivity index (χ4v) is 1.91. The Morgan fingerprint density at radius 3 is 3.08 bits per heavy atom. The summed E-state index contributed by atoms with van der Waals surface area (Å²) < 4.78 is 2.09. The van der Waals surface area contributed by atoms with Crippen LogP contribution in [0.3, 0.4) is 0 Å². The summed E-state index contributed by atoms with van der Waals surface area (Å²) in [6, 6.07) is 2.26. The molecule has 0 amide bonds. The van der Waals surface area contributed by atoms with Crippen LogP contribution in [0.15, 0.2) is 0 Å². The van der Waals surface area contributed by atoms with Crippen molar-refractivity contribution in [2.24, 2.45) is 0 Å². The Bertz CT molecular complexity index is 357. The molecule has 2 heterocycles. The molecule has 0 unspecified atom stereocenters. The highest BCUT2D eigenvalue weighted by Crippen LogP contribution is 2.19. The van der Waals surface area contributed by atoms with E-state index in [1.807, 2.05) is 0 Å². The maximum absolute atomic E-state index is 8.98. The van der Waals surface area contributed by atoms with Crippen molar-refractivity contribution in [1.82, 2.24) is 9.55 Å². The molecule has 0 aromatic carbocycles. The van der Waals surface area contributed by atoms with Crippen LogP contribution in [-0.4, -0.2) is 9.55 Å². The summed E-state index contributed by atoms with van der Waals surface area (Å²) in [5.41, 5.74) is 1.76. The van der Waals surface area contributed by atoms with E-state index in [2.05, 4.69) is 22.5 Å². The van der Waals surface area contributed by atoms with Gasteiger partial charge in [-0.2, -0.15) is 5.26 Å². The molecule has 0 saturated heterocycles. The molecule has 1 aliphatic rings. The van der Waals surface area contributed by atoms with Gasteiger partial charge in [0.05, 0.1) is 5.69 Å². The van der Waals surface area contributed by atoms with Gasteiger partial charge in [-0.3, -0.25) is 0 Å². The van der Waals surface area contributed by atoms with E-state index in [4.69, 9.17) is 5.26 Å². The maximum Gasteiger partial charge on any atom is 0.143 e. The van der Waals surface area contributed by atoms with Crippen molar-refractivity contribution in [1.29, 1.82) is 5.26 Å². The van der Waals surface area contributed by atoms with Gasteiger partial charge in [0.15, 0.2) is 0 Å². The molecule has 0 saturated carbocycles. The lowest BCUT2D eigenvalue weighted by Crippen LogP contribution is -2.11. The van der Waals surface area contributed by atoms with Crippen molar-refractivity contribution < 1.29 is 0 Å². The molecule has 0 spiro atoms. The number of fused-ring (bicyclic) bond motifs is 1. The average Bonchev–Trinajstić information content (AvgIpc) is 2.55. The smallest absolute Gasteiger partial charge is 0.143 e. The van der Waals surface area contributed by atoms with E-state index < -0.39 is 0 Å². The molecule has 1 aromatic heterocycles. The van der Waals surface area contributed by atoms with Gasteiger partial charge in [-0.25, -0.2) is 4.98 Å². The number of nitriles is 1. The number of hydrogen-bond acceptors (Lipinski definition) is 2. The summed E-state index contributed by atoms with van der Waals surface area (Å²) in [6.45, 7) is 3.03. The van der Waals surface area contributed by atoms with Gasteiger partial charge in [-0.05, 0) is 19.3 Å². The lowest BCUT2D eigenvalue weighted by atomic mass is 10.1. The highest BCUT2D eigenvalue weighted by Gasteiger charge is 2.17. The van der Waals surface area contributed by atoms with E-state index in [1.54, 1.807) is 0 Å². The van der Waals surface area contributed by atoms with Crippen LogP contribution < -0.4 is 0 Å². The number of imidazole rings is 1. The number of rotatable bonds is 1. The fourth-order valence-electron chi connectivity index (χ4n) is 1.91. The highest BCUT2D eigenvalue weighted by atomic mass is 15.1. The van der Waals surface area contributed by atoms with Crippen LogP contribution in [0.25, 0.3) is 0 Å². The van der Waals surface area contributed by atoms with Gasteiger partial charge in [-0.1, -0.05) is 6.92 Å². The molecule has 0 atom stereocenters. The Hall–Kier alpha value is -1.30. The monoisotopic (exact) mass is 175 g/mol. The largest absolute Gasteiger partial charge is 0.320 e. The molecule has 3 heteroatoms. The minimum Gasteiger partial charge on any atom is -0.320 e. The first-order chi connectivity index (χ1) is 6.36. The van der Waals surface area contributed by atoms with E-state index in [9.17, 15) is 0 Å². The average molecular weight is 175 g/mol. The van der Waals surface area contributed by atoms with E-state index in [0.717, 1.165) is 36.6 Å². The molecule has 0 fully saturated rings. The molecule has 3 nitrogen and oxygen atoms in total. The summed E-state index contributed by atoms with van der Waals surface area (Å²) in [7, 11) is 0. The minimum atomic E-state index is 0.789. The zero-order valence-corrected chi connectivity index (χ0v) is 7.88. The number of nitrogens with zero attached hydrogens (tertiary/aromatic N) is 3. The maximum atomic E-state index is 8.98. The van der Waals surface area contributed by atoms with Gasteiger partial charge in [0.2, 0.25) is 0 Å². The van der Waals surface area contributed by atoms with E-state index in [0.29, 0.717) is 0 Å². The van der Waals surface area contributed by atoms with Gasteiger partial charge in [0.1, 0.15) is 17.6 Å². The molecule has 13 heavy (non-hydrogen) atoms. The third-order valence-electron chi connectivity index (χ3n) is 2.59. The second kappa shape index (κ2) is 3.21. The molecular weight excluding hydrogens is 162 g/mol. The molecule has 0 radical (unpaired) electrons. The lowest BCUT2D eigenvalue weighted by Gasteiger charge is -2.13. The van der Waals surface area contributed by atoms with Crippen LogP contribution in [-0.2, 0) is 19.4 Å². The molecule has 1 aromatic rings. The predicted molar refractivity (Wildman–Crippen MR) is 49.3 cm³/mol. The van der Waals surface area contributed by atoms with Crippen LogP contribution in [0, 0.1) is 11.3 Å². The highest BCUT2D eigenvalue weighted by molar-refractivity contribution is 5.30. The van der Waals surface area contributed by atoms with Crippen LogP contribution in [0.1, 0.15) is 37.0 Å². The topological polar surface area (TPSA) is 41.6 Å². The Balaban J connectivity index is 2.52. The third-order valence-corrected chi connectivity index (χ3v) is 2.59. The molecule has 0 aliphatic carbocycles. The SMILES string of the molecule is CCc1nc2n(c1C#N)CCCC2. The van der Waals surface area contributed by atoms with Gasteiger partial charge in [0, 0.05) is 13.0 Å². The minimum absolute atomic E-state index is 0.789. The van der Waals surface area contributed by atoms with Crippen molar-refractivity contribution >= 4 is 0 Å². The van der Waals surface area contributed by atoms with Gasteiger partial charge in [0.25, 0.3) is 0 Å². The zero-order chi connectivity index (χ0) is 9.26. The first kappa shape index (κ1) is 8.31. The fraction of sp³-hybridized carbons (Fsp3) is 0.600. The van der Waals surface area contributed by atoms with Crippen molar-refractivity contribution in [3.05, 3.63) is 17.2 Å². The Morgan fingerprint density at radius 2 is 2.38 bits per heavy atom. The molecular formula is C10H13N3. The van der Waals surface area contributed by atoms with Crippen molar-refractivity contribution in [3.63, 3.8) is 0 Å². The Morgan fingerprint density at radius 1 is 1.54 bits per heavy atom. The molecule has 1 aliphatic heterocycles. The van der Waals surface area contributed by atoms with Crippen molar-refractivity contribution in [2.45, 2.75) is 39.2 Å². The molecule has 0 N–H and O–H groups in total. The second-order valence-electron chi connectivity index (χ2n) is 3.40. The zero-order valence-electron chi connectivity index (χ0n) is 7.88. The number of aryl methyl sites for hydroxylation is 2. The van der Waals surface area contributed by atoms with Gasteiger partial charge < -0.3 is 4.57 Å². The Labute approximate surface area is 78.0 Å². The van der Waals surface area contributed by atoms with Crippen LogP contribution in [0.4, 0.5) is 0 Å². The van der Waals surface area contributed by atoms with Crippen molar-refractivity contribution in [2.75, 3.05) is 0 Å². The lowest BCUT2D eigenvalue weighted by molar-refractivity contribution is 0.519. The second-order valence-corrected chi connectivity index (χ2v) is 3.40. The number of hydrogen-bond donors (Lipinski definition) is 0. The van der Waals surface area contributed by atoms with Gasteiger partial charge in [-0.15, -0.1) is 0 Å². The first-order valence-electron chi connectivity index (χ1n) is 4.85. The van der Waals surface area contributed by atoms with Gasteiger partial charge >= 0.3 is 0 Å². The predicted octanol–water partition coefficient (Wildman–Crippen LogP) is 1.65. The molecule has 0 bridgehead atoms. The van der Waals surface area contributed by atoms with E-state index >= 15 is 0 Å². The summed E-state index contributed by atoms with van der Waals surface area (Å²) in [4.78, 5) is 4.48. The van der Waals surface area contributed by atoms with E-state index in [-0.39, 0.29) is 0 Å². The summed E-state index contributed by atoms with van der Waals surface area (Å²) in [6.07, 6.45) is 4.30. The summed E-state index contributed by atoms with van der Waals surface area (Å²) in [5, 5.41) is 8.98. The first-order valence-corrected chi connectivity index (χ1v) is 4.85. The summed E-state index contributed by atoms with van der Waals surface area (Å²) >= 11 is 0. The van der Waals surface area contributed by atoms with Crippen LogP contribution in [0.2, 0.25) is 0 Å². The Kier molecular flexibility index (Phi) is 2.05. The number of aromatic nitrogens is 2. The normalized spacial score (nSPS) is 15.1. The van der Waals surface area contributed by atoms with E-state index in [1.165, 1.54) is 12.8 Å². The third kappa shape index (κ3) is 1.23. The molecule has 2 rings (SSSR count). The molecule has 68 valence electrons. The standard InChI is InChI=1S/C10H13N3/c1-2-8-9(7-11)13-6-4-3-5-10(13)12-8/h2-6H2,1H3. The van der Waals surface area contributed by atoms with Crippen LogP contribution >= 0.6 is 0 Å². The summed E-state index contributed by atoms with van der Waals surface area (Å²) in [5.74, 6) is 1.11. The van der Waals surface area contributed by atoms with Crippen molar-refractivity contribution in [3.8, 4) is 6.07 Å². The van der Waals surface area contributed by atoms with Crippen LogP contribution in [0.5, 0.6) is 0 Å². The quantitative estimate of drug-likeness (QED) is 0.651.